The van der Waals surface area contributed by atoms with Crippen LogP contribution in [0.5, 0.6) is 5.75 Å². The molecule has 0 amide bonds. The van der Waals surface area contributed by atoms with Crippen molar-refractivity contribution in [1.82, 2.24) is 5.32 Å². The van der Waals surface area contributed by atoms with Crippen molar-refractivity contribution in [3.8, 4) is 5.75 Å². The van der Waals surface area contributed by atoms with E-state index < -0.39 is 0 Å². The summed E-state index contributed by atoms with van der Waals surface area (Å²) in [6.45, 7) is 0. The number of aliphatic imine (C=N–C) groups is 1. The van der Waals surface area contributed by atoms with Gasteiger partial charge in [0.1, 0.15) is 5.75 Å². The zero-order valence-electron chi connectivity index (χ0n) is 12.3. The Morgan fingerprint density at radius 1 is 1.18 bits per heavy atom. The van der Waals surface area contributed by atoms with Crippen LogP contribution in [0.1, 0.15) is 29.6 Å². The van der Waals surface area contributed by atoms with Gasteiger partial charge in [-0.3, -0.25) is 0 Å². The molecule has 5 heteroatoms. The molecule has 3 N–H and O–H groups in total. The Hall–Kier alpha value is -2.01. The van der Waals surface area contributed by atoms with E-state index in [0.717, 1.165) is 22.2 Å². The molecular formula is C17H18BrN3O. The molecule has 2 aromatic carbocycles. The number of halogens is 1. The zero-order chi connectivity index (χ0) is 15.5. The zero-order valence-corrected chi connectivity index (χ0v) is 13.9. The van der Waals surface area contributed by atoms with Crippen molar-refractivity contribution in [3.63, 3.8) is 0 Å². The fourth-order valence-electron chi connectivity index (χ4n) is 2.69. The Labute approximate surface area is 138 Å². The molecule has 114 valence electrons. The highest BCUT2D eigenvalue weighted by atomic mass is 79.9. The van der Waals surface area contributed by atoms with Gasteiger partial charge in [-0.05, 0) is 41.8 Å². The Morgan fingerprint density at radius 3 is 2.68 bits per heavy atom. The first-order valence-corrected chi connectivity index (χ1v) is 7.94. The van der Waals surface area contributed by atoms with Crippen LogP contribution in [0, 0.1) is 0 Å². The summed E-state index contributed by atoms with van der Waals surface area (Å²) in [6.07, 6.45) is 0.857. The van der Waals surface area contributed by atoms with Gasteiger partial charge in [-0.25, -0.2) is 4.99 Å². The topological polar surface area (TPSA) is 59.6 Å². The third-order valence-corrected chi connectivity index (χ3v) is 4.36. The van der Waals surface area contributed by atoms with Gasteiger partial charge in [0.2, 0.25) is 0 Å². The molecule has 22 heavy (non-hydrogen) atoms. The first kappa shape index (κ1) is 14.9. The Morgan fingerprint density at radius 2 is 1.95 bits per heavy atom. The van der Waals surface area contributed by atoms with E-state index >= 15 is 0 Å². The molecule has 0 aliphatic carbocycles. The number of methoxy groups -OCH3 is 1. The van der Waals surface area contributed by atoms with E-state index in [1.165, 1.54) is 5.56 Å². The first-order valence-electron chi connectivity index (χ1n) is 7.15. The van der Waals surface area contributed by atoms with E-state index in [1.54, 1.807) is 7.11 Å². The molecule has 2 unspecified atom stereocenters. The van der Waals surface area contributed by atoms with Crippen LogP contribution in [0.25, 0.3) is 0 Å². The number of benzene rings is 2. The minimum Gasteiger partial charge on any atom is -0.497 e. The molecule has 4 nitrogen and oxygen atoms in total. The highest BCUT2D eigenvalue weighted by Crippen LogP contribution is 2.33. The van der Waals surface area contributed by atoms with E-state index in [9.17, 15) is 0 Å². The lowest BCUT2D eigenvalue weighted by Gasteiger charge is -2.29. The normalized spacial score (nSPS) is 20.9. The minimum atomic E-state index is 0.0324. The van der Waals surface area contributed by atoms with Gasteiger partial charge in [0.05, 0.1) is 19.2 Å². The standard InChI is InChI=1S/C17H18BrN3O/c1-22-14-4-2-3-12(9-14)16-10-15(20-17(19)21-16)11-5-7-13(18)8-6-11/h2-9,15-16H,10H2,1H3,(H3,19,20,21). The van der Waals surface area contributed by atoms with Gasteiger partial charge >= 0.3 is 0 Å². The Balaban J connectivity index is 1.86. The summed E-state index contributed by atoms with van der Waals surface area (Å²) in [6, 6.07) is 16.5. The van der Waals surface area contributed by atoms with Crippen LogP contribution in [-0.4, -0.2) is 13.1 Å². The van der Waals surface area contributed by atoms with Crippen LogP contribution < -0.4 is 15.8 Å². The lowest BCUT2D eigenvalue weighted by molar-refractivity contribution is 0.412. The molecule has 0 saturated carbocycles. The molecule has 0 bridgehead atoms. The molecule has 2 aromatic rings. The Kier molecular flexibility index (Phi) is 4.34. The van der Waals surface area contributed by atoms with Crippen molar-refractivity contribution < 1.29 is 4.74 Å². The van der Waals surface area contributed by atoms with Crippen molar-refractivity contribution >= 4 is 21.9 Å². The molecule has 0 fully saturated rings. The van der Waals surface area contributed by atoms with Crippen molar-refractivity contribution in [2.24, 2.45) is 10.7 Å². The summed E-state index contributed by atoms with van der Waals surface area (Å²) < 4.78 is 6.36. The summed E-state index contributed by atoms with van der Waals surface area (Å²) in [5.41, 5.74) is 8.31. The molecule has 0 spiro atoms. The summed E-state index contributed by atoms with van der Waals surface area (Å²) in [5.74, 6) is 1.32. The largest absolute Gasteiger partial charge is 0.497 e. The number of guanidine groups is 1. The third-order valence-electron chi connectivity index (χ3n) is 3.83. The average Bonchev–Trinajstić information content (AvgIpc) is 2.55. The lowest BCUT2D eigenvalue weighted by atomic mass is 9.94. The first-order chi connectivity index (χ1) is 10.7. The van der Waals surface area contributed by atoms with Gasteiger partial charge in [0.25, 0.3) is 0 Å². The maximum Gasteiger partial charge on any atom is 0.189 e. The number of nitrogens with one attached hydrogen (secondary N) is 1. The fraction of sp³-hybridized carbons (Fsp3) is 0.235. The van der Waals surface area contributed by atoms with Gasteiger partial charge in [-0.15, -0.1) is 0 Å². The van der Waals surface area contributed by atoms with E-state index in [2.05, 4.69) is 44.4 Å². The number of ether oxygens (including phenoxy) is 1. The van der Waals surface area contributed by atoms with E-state index in [1.807, 2.05) is 30.3 Å². The Bertz CT molecular complexity index is 685. The number of hydrogen-bond donors (Lipinski definition) is 2. The van der Waals surface area contributed by atoms with Crippen molar-refractivity contribution in [2.45, 2.75) is 18.5 Å². The van der Waals surface area contributed by atoms with Crippen molar-refractivity contribution in [2.75, 3.05) is 7.11 Å². The minimum absolute atomic E-state index is 0.0324. The van der Waals surface area contributed by atoms with Gasteiger partial charge in [0, 0.05) is 4.47 Å². The van der Waals surface area contributed by atoms with Crippen LogP contribution in [0.4, 0.5) is 0 Å². The van der Waals surface area contributed by atoms with Gasteiger partial charge < -0.3 is 15.8 Å². The maximum absolute atomic E-state index is 5.99. The molecule has 0 radical (unpaired) electrons. The second-order valence-corrected chi connectivity index (χ2v) is 6.21. The average molecular weight is 360 g/mol. The van der Waals surface area contributed by atoms with E-state index in [-0.39, 0.29) is 12.1 Å². The van der Waals surface area contributed by atoms with E-state index in [0.29, 0.717) is 5.96 Å². The van der Waals surface area contributed by atoms with E-state index in [4.69, 9.17) is 10.5 Å². The molecular weight excluding hydrogens is 342 g/mol. The number of hydrogen-bond acceptors (Lipinski definition) is 4. The molecule has 0 saturated heterocycles. The van der Waals surface area contributed by atoms with Crippen molar-refractivity contribution in [1.29, 1.82) is 0 Å². The van der Waals surface area contributed by atoms with Gasteiger partial charge in [-0.1, -0.05) is 40.2 Å². The van der Waals surface area contributed by atoms with Crippen LogP contribution in [0.2, 0.25) is 0 Å². The predicted molar refractivity (Wildman–Crippen MR) is 92.0 cm³/mol. The smallest absolute Gasteiger partial charge is 0.189 e. The maximum atomic E-state index is 5.99. The second kappa shape index (κ2) is 6.40. The summed E-state index contributed by atoms with van der Waals surface area (Å²) >= 11 is 3.46. The highest BCUT2D eigenvalue weighted by Gasteiger charge is 2.24. The lowest BCUT2D eigenvalue weighted by Crippen LogP contribution is -2.39. The molecule has 0 aromatic heterocycles. The van der Waals surface area contributed by atoms with Gasteiger partial charge in [0.15, 0.2) is 5.96 Å². The number of nitrogens with two attached hydrogens (primary N) is 1. The number of rotatable bonds is 3. The molecule has 1 aliphatic heterocycles. The second-order valence-electron chi connectivity index (χ2n) is 5.29. The van der Waals surface area contributed by atoms with Crippen LogP contribution in [-0.2, 0) is 0 Å². The fourth-order valence-corrected chi connectivity index (χ4v) is 2.96. The quantitative estimate of drug-likeness (QED) is 0.880. The molecule has 1 aliphatic rings. The predicted octanol–water partition coefficient (Wildman–Crippen LogP) is 3.55. The molecule has 2 atom stereocenters. The molecule has 1 heterocycles. The SMILES string of the molecule is COc1cccc(C2CC(c3ccc(Br)cc3)NC(N)=N2)c1. The van der Waals surface area contributed by atoms with Crippen LogP contribution in [0.3, 0.4) is 0 Å². The highest BCUT2D eigenvalue weighted by molar-refractivity contribution is 9.10. The summed E-state index contributed by atoms with van der Waals surface area (Å²) in [7, 11) is 1.67. The van der Waals surface area contributed by atoms with Crippen LogP contribution >= 0.6 is 15.9 Å². The number of nitrogens with zero attached hydrogens (tertiary/aromatic N) is 1. The summed E-state index contributed by atoms with van der Waals surface area (Å²) in [5, 5.41) is 3.26. The molecule has 3 rings (SSSR count). The summed E-state index contributed by atoms with van der Waals surface area (Å²) in [4.78, 5) is 4.54. The third kappa shape index (κ3) is 3.25. The van der Waals surface area contributed by atoms with Crippen molar-refractivity contribution in [3.05, 3.63) is 64.1 Å². The van der Waals surface area contributed by atoms with Crippen LogP contribution in [0.15, 0.2) is 58.0 Å². The monoisotopic (exact) mass is 359 g/mol. The van der Waals surface area contributed by atoms with Gasteiger partial charge in [-0.2, -0.15) is 0 Å².